The standard InChI is InChI=1S/C25H32N4O4/c1-31-17-24(7-9-32-10-8-24)15-29-16-25(33-23(29)30)6-2-3-20(12-25)14-28-18-27-21-5-4-19(13-26)11-22(21)28/h4-5,11,18,20H,2-3,6-10,12,14-17H2,1H3/t20-,25-/m0/s1. The smallest absolute Gasteiger partial charge is 0.410 e. The zero-order valence-corrected chi connectivity index (χ0v) is 19.3. The molecule has 0 N–H and O–H groups in total. The van der Waals surface area contributed by atoms with Crippen molar-refractivity contribution in [1.29, 1.82) is 5.26 Å². The van der Waals surface area contributed by atoms with Crippen molar-refractivity contribution >= 4 is 17.1 Å². The Morgan fingerprint density at radius 2 is 2.15 bits per heavy atom. The van der Waals surface area contributed by atoms with Gasteiger partial charge in [-0.3, -0.25) is 0 Å². The highest BCUT2D eigenvalue weighted by Gasteiger charge is 2.50. The van der Waals surface area contributed by atoms with Gasteiger partial charge in [-0.05, 0) is 62.6 Å². The van der Waals surface area contributed by atoms with Crippen LogP contribution in [0.2, 0.25) is 0 Å². The number of aromatic nitrogens is 2. The highest BCUT2D eigenvalue weighted by atomic mass is 16.6. The number of hydrogen-bond acceptors (Lipinski definition) is 6. The van der Waals surface area contributed by atoms with Gasteiger partial charge >= 0.3 is 6.09 Å². The first-order chi connectivity index (χ1) is 16.0. The average molecular weight is 453 g/mol. The molecule has 1 aromatic carbocycles. The Hall–Kier alpha value is -2.63. The summed E-state index contributed by atoms with van der Waals surface area (Å²) < 4.78 is 19.3. The van der Waals surface area contributed by atoms with Crippen molar-refractivity contribution in [1.82, 2.24) is 14.5 Å². The molecule has 0 bridgehead atoms. The van der Waals surface area contributed by atoms with E-state index in [0.717, 1.165) is 56.1 Å². The summed E-state index contributed by atoms with van der Waals surface area (Å²) in [5.74, 6) is 0.394. The van der Waals surface area contributed by atoms with Crippen LogP contribution in [-0.4, -0.2) is 66.2 Å². The van der Waals surface area contributed by atoms with E-state index in [0.29, 0.717) is 44.4 Å². The van der Waals surface area contributed by atoms with Crippen LogP contribution in [-0.2, 0) is 20.8 Å². The maximum absolute atomic E-state index is 12.9. The van der Waals surface area contributed by atoms with Gasteiger partial charge in [0.1, 0.15) is 5.60 Å². The quantitative estimate of drug-likeness (QED) is 0.663. The summed E-state index contributed by atoms with van der Waals surface area (Å²) in [6.45, 7) is 4.19. The van der Waals surface area contributed by atoms with Crippen molar-refractivity contribution in [3.05, 3.63) is 30.1 Å². The van der Waals surface area contributed by atoms with E-state index in [9.17, 15) is 10.1 Å². The Morgan fingerprint density at radius 3 is 2.94 bits per heavy atom. The fraction of sp³-hybridized carbons (Fsp3) is 0.640. The number of carbonyl (C=O) groups excluding carboxylic acids is 1. The lowest BCUT2D eigenvalue weighted by molar-refractivity contribution is -0.0387. The lowest BCUT2D eigenvalue weighted by Crippen LogP contribution is -2.46. The molecule has 2 aliphatic heterocycles. The lowest BCUT2D eigenvalue weighted by atomic mass is 9.77. The average Bonchev–Trinajstić information content (AvgIpc) is 3.34. The fourth-order valence-electron chi connectivity index (χ4n) is 6.06. The van der Waals surface area contributed by atoms with E-state index >= 15 is 0 Å². The van der Waals surface area contributed by atoms with Gasteiger partial charge in [0.05, 0.1) is 42.1 Å². The van der Waals surface area contributed by atoms with Gasteiger partial charge in [0.15, 0.2) is 0 Å². The van der Waals surface area contributed by atoms with E-state index in [-0.39, 0.29) is 11.5 Å². The molecule has 176 valence electrons. The first-order valence-electron chi connectivity index (χ1n) is 11.9. The Kier molecular flexibility index (Phi) is 6.02. The van der Waals surface area contributed by atoms with Crippen LogP contribution in [0.25, 0.3) is 11.0 Å². The molecule has 0 unspecified atom stereocenters. The number of carbonyl (C=O) groups is 1. The summed E-state index contributed by atoms with van der Waals surface area (Å²) >= 11 is 0. The number of benzene rings is 1. The SMILES string of the molecule is COCC1(CN2C[C@@]3(CCC[C@H](Cn4cnc5ccc(C#N)cc54)C3)OC2=O)CCOCC1. The molecule has 1 saturated carbocycles. The van der Waals surface area contributed by atoms with Crippen molar-refractivity contribution in [2.24, 2.45) is 11.3 Å². The highest BCUT2D eigenvalue weighted by Crippen LogP contribution is 2.42. The second-order valence-electron chi connectivity index (χ2n) is 10.1. The summed E-state index contributed by atoms with van der Waals surface area (Å²) in [7, 11) is 1.73. The predicted octanol–water partition coefficient (Wildman–Crippen LogP) is 3.73. The molecule has 3 heterocycles. The fourth-order valence-corrected chi connectivity index (χ4v) is 6.06. The third kappa shape index (κ3) is 4.44. The van der Waals surface area contributed by atoms with Gasteiger partial charge in [-0.1, -0.05) is 0 Å². The molecule has 8 heteroatoms. The minimum atomic E-state index is -0.409. The molecule has 33 heavy (non-hydrogen) atoms. The van der Waals surface area contributed by atoms with Crippen molar-refractivity contribution in [3.8, 4) is 6.07 Å². The van der Waals surface area contributed by atoms with Crippen LogP contribution in [0, 0.1) is 22.7 Å². The summed E-state index contributed by atoms with van der Waals surface area (Å²) in [4.78, 5) is 19.3. The minimum absolute atomic E-state index is 0.0558. The van der Waals surface area contributed by atoms with Gasteiger partial charge in [-0.25, -0.2) is 9.78 Å². The van der Waals surface area contributed by atoms with Gasteiger partial charge in [0.2, 0.25) is 0 Å². The van der Waals surface area contributed by atoms with Crippen molar-refractivity contribution in [3.63, 3.8) is 0 Å². The van der Waals surface area contributed by atoms with Gasteiger partial charge in [-0.15, -0.1) is 0 Å². The molecule has 1 aliphatic carbocycles. The van der Waals surface area contributed by atoms with Crippen LogP contribution < -0.4 is 0 Å². The number of nitrogens with zero attached hydrogens (tertiary/aromatic N) is 4. The highest BCUT2D eigenvalue weighted by molar-refractivity contribution is 5.77. The first-order valence-corrected chi connectivity index (χ1v) is 11.9. The molecular formula is C25H32N4O4. The molecule has 1 aromatic heterocycles. The molecule has 8 nitrogen and oxygen atoms in total. The monoisotopic (exact) mass is 452 g/mol. The van der Waals surface area contributed by atoms with Crippen LogP contribution in [0.15, 0.2) is 24.5 Å². The lowest BCUT2D eigenvalue weighted by Gasteiger charge is -2.39. The van der Waals surface area contributed by atoms with Crippen molar-refractivity contribution in [2.45, 2.75) is 50.7 Å². The zero-order chi connectivity index (χ0) is 22.9. The summed E-state index contributed by atoms with van der Waals surface area (Å²) in [6, 6.07) is 7.82. The molecule has 2 saturated heterocycles. The molecule has 5 rings (SSSR count). The van der Waals surface area contributed by atoms with Crippen LogP contribution >= 0.6 is 0 Å². The normalized spacial score (nSPS) is 27.1. The van der Waals surface area contributed by atoms with Crippen LogP contribution in [0.3, 0.4) is 0 Å². The van der Waals surface area contributed by atoms with E-state index in [4.69, 9.17) is 14.2 Å². The largest absolute Gasteiger partial charge is 0.441 e. The van der Waals surface area contributed by atoms with Gasteiger partial charge in [0.25, 0.3) is 0 Å². The van der Waals surface area contributed by atoms with Crippen LogP contribution in [0.4, 0.5) is 4.79 Å². The summed E-state index contributed by atoms with van der Waals surface area (Å²) in [5, 5.41) is 9.26. The third-order valence-corrected chi connectivity index (χ3v) is 7.68. The zero-order valence-electron chi connectivity index (χ0n) is 19.3. The maximum Gasteiger partial charge on any atom is 0.410 e. The van der Waals surface area contributed by atoms with Gasteiger partial charge in [0, 0.05) is 38.8 Å². The third-order valence-electron chi connectivity index (χ3n) is 7.68. The number of methoxy groups -OCH3 is 1. The Morgan fingerprint density at radius 1 is 1.30 bits per heavy atom. The summed E-state index contributed by atoms with van der Waals surface area (Å²) in [5.41, 5.74) is 2.06. The predicted molar refractivity (Wildman–Crippen MR) is 122 cm³/mol. The Balaban J connectivity index is 1.28. The first kappa shape index (κ1) is 22.2. The van der Waals surface area contributed by atoms with Crippen molar-refractivity contribution in [2.75, 3.05) is 40.0 Å². The molecule has 3 aliphatic rings. The topological polar surface area (TPSA) is 89.6 Å². The molecule has 0 radical (unpaired) electrons. The molecular weight excluding hydrogens is 420 g/mol. The Bertz CT molecular complexity index is 1050. The van der Waals surface area contributed by atoms with Crippen LogP contribution in [0.1, 0.15) is 44.1 Å². The number of imidazole rings is 1. The number of fused-ring (bicyclic) bond motifs is 1. The number of ether oxygens (including phenoxy) is 3. The van der Waals surface area contributed by atoms with E-state index in [2.05, 4.69) is 15.6 Å². The maximum atomic E-state index is 12.9. The number of nitriles is 1. The molecule has 3 fully saturated rings. The van der Waals surface area contributed by atoms with Crippen LogP contribution in [0.5, 0.6) is 0 Å². The van der Waals surface area contributed by atoms with Gasteiger partial charge < -0.3 is 23.7 Å². The number of amides is 1. The summed E-state index contributed by atoms with van der Waals surface area (Å²) in [6.07, 6.45) is 7.38. The van der Waals surface area contributed by atoms with E-state index < -0.39 is 5.60 Å². The van der Waals surface area contributed by atoms with Gasteiger partial charge in [-0.2, -0.15) is 5.26 Å². The number of hydrogen-bond donors (Lipinski definition) is 0. The Labute approximate surface area is 194 Å². The van der Waals surface area contributed by atoms with E-state index in [1.165, 1.54) is 0 Å². The second kappa shape index (κ2) is 8.96. The molecule has 1 spiro atoms. The molecule has 2 atom stereocenters. The molecule has 2 aromatic rings. The number of rotatable bonds is 6. The minimum Gasteiger partial charge on any atom is -0.441 e. The van der Waals surface area contributed by atoms with Crippen molar-refractivity contribution < 1.29 is 19.0 Å². The second-order valence-corrected chi connectivity index (χ2v) is 10.1. The van der Waals surface area contributed by atoms with E-state index in [1.54, 1.807) is 13.2 Å². The molecule has 1 amide bonds. The van der Waals surface area contributed by atoms with E-state index in [1.807, 2.05) is 23.4 Å².